The molecule has 2 aliphatic heterocycles. The van der Waals surface area contributed by atoms with Crippen LogP contribution in [0.4, 0.5) is 23.7 Å². The molecule has 35 heavy (non-hydrogen) atoms. The molecule has 3 aromatic carbocycles. The van der Waals surface area contributed by atoms with E-state index >= 15 is 0 Å². The van der Waals surface area contributed by atoms with E-state index in [1.807, 2.05) is 0 Å². The summed E-state index contributed by atoms with van der Waals surface area (Å²) in [5, 5.41) is 9.45. The summed E-state index contributed by atoms with van der Waals surface area (Å²) in [6, 6.07) is 14.0. The number of hydrogen-bond acceptors (Lipinski definition) is 6. The first-order chi connectivity index (χ1) is 16.6. The molecule has 0 bridgehead atoms. The van der Waals surface area contributed by atoms with Gasteiger partial charge in [-0.05, 0) is 35.9 Å². The molecule has 0 aromatic heterocycles. The molecular formula is C23H14F3NO7S. The summed E-state index contributed by atoms with van der Waals surface area (Å²) in [6.07, 6.45) is -6.86. The van der Waals surface area contributed by atoms with Crippen molar-refractivity contribution in [3.8, 4) is 11.5 Å². The lowest BCUT2D eigenvalue weighted by Gasteiger charge is -2.34. The van der Waals surface area contributed by atoms with Gasteiger partial charge in [0.1, 0.15) is 0 Å². The molecule has 0 fully saturated rings. The van der Waals surface area contributed by atoms with Gasteiger partial charge in [0.2, 0.25) is 12.7 Å². The predicted molar refractivity (Wildman–Crippen MR) is 115 cm³/mol. The Labute approximate surface area is 196 Å². The van der Waals surface area contributed by atoms with Gasteiger partial charge in [-0.1, -0.05) is 36.4 Å². The lowest BCUT2D eigenvalue weighted by atomic mass is 9.97. The Morgan fingerprint density at radius 1 is 0.971 bits per heavy atom. The highest BCUT2D eigenvalue weighted by atomic mass is 32.2. The monoisotopic (exact) mass is 505 g/mol. The summed E-state index contributed by atoms with van der Waals surface area (Å²) in [5.41, 5.74) is -1.89. The molecule has 2 aliphatic rings. The molecule has 0 spiro atoms. The summed E-state index contributed by atoms with van der Waals surface area (Å²) in [5.74, 6) is -0.143. The number of hydrogen-bond donors (Lipinski definition) is 1. The van der Waals surface area contributed by atoms with Crippen LogP contribution in [-0.4, -0.2) is 26.5 Å². The number of alkyl halides is 3. The van der Waals surface area contributed by atoms with Gasteiger partial charge in [-0.15, -0.1) is 0 Å². The van der Waals surface area contributed by atoms with Crippen molar-refractivity contribution in [2.24, 2.45) is 0 Å². The number of halogens is 3. The number of benzene rings is 3. The Balaban J connectivity index is 1.89. The third-order valence-corrected chi connectivity index (χ3v) is 7.10. The van der Waals surface area contributed by atoms with Crippen LogP contribution >= 0.6 is 0 Å². The maximum absolute atomic E-state index is 13.9. The molecule has 0 aliphatic carbocycles. The highest BCUT2D eigenvalue weighted by Gasteiger charge is 2.45. The van der Waals surface area contributed by atoms with Crippen molar-refractivity contribution in [2.75, 3.05) is 11.1 Å². The molecular weight excluding hydrogens is 491 g/mol. The summed E-state index contributed by atoms with van der Waals surface area (Å²) in [7, 11) is -4.73. The topological polar surface area (TPSA) is 102 Å². The minimum atomic E-state index is -4.95. The van der Waals surface area contributed by atoms with Crippen LogP contribution in [0.5, 0.6) is 11.5 Å². The SMILES string of the molecule is O=C(O)OC1=C(c2ccc3c(c2)OCO3)c2ccccc2S(=O)(=O)N1c1ccccc1C(F)(F)F. The minimum absolute atomic E-state index is 0.0448. The van der Waals surface area contributed by atoms with Gasteiger partial charge in [0, 0.05) is 5.56 Å². The van der Waals surface area contributed by atoms with Crippen LogP contribution in [0, 0.1) is 0 Å². The Morgan fingerprint density at radius 3 is 2.40 bits per heavy atom. The van der Waals surface area contributed by atoms with Crippen LogP contribution in [0.15, 0.2) is 77.5 Å². The molecule has 1 N–H and O–H groups in total. The van der Waals surface area contributed by atoms with E-state index in [0.29, 0.717) is 11.8 Å². The van der Waals surface area contributed by atoms with E-state index in [2.05, 4.69) is 0 Å². The zero-order chi connectivity index (χ0) is 25.0. The second-order valence-electron chi connectivity index (χ2n) is 7.40. The molecule has 0 atom stereocenters. The average Bonchev–Trinajstić information content (AvgIpc) is 3.26. The van der Waals surface area contributed by atoms with Crippen molar-refractivity contribution >= 4 is 27.4 Å². The Morgan fingerprint density at radius 2 is 1.66 bits per heavy atom. The Hall–Kier alpha value is -4.19. The van der Waals surface area contributed by atoms with Gasteiger partial charge in [-0.25, -0.2) is 17.5 Å². The van der Waals surface area contributed by atoms with Crippen molar-refractivity contribution in [2.45, 2.75) is 11.1 Å². The van der Waals surface area contributed by atoms with E-state index in [-0.39, 0.29) is 38.4 Å². The first-order valence-corrected chi connectivity index (χ1v) is 11.4. The average molecular weight is 505 g/mol. The number of rotatable bonds is 3. The molecule has 0 saturated heterocycles. The quantitative estimate of drug-likeness (QED) is 0.497. The number of carboxylic acid groups (broad SMARTS) is 1. The second-order valence-corrected chi connectivity index (χ2v) is 9.15. The summed E-state index contributed by atoms with van der Waals surface area (Å²) < 4.78 is 84.8. The van der Waals surface area contributed by atoms with Crippen molar-refractivity contribution in [1.82, 2.24) is 0 Å². The van der Waals surface area contributed by atoms with Crippen LogP contribution < -0.4 is 13.8 Å². The lowest BCUT2D eigenvalue weighted by molar-refractivity contribution is -0.137. The van der Waals surface area contributed by atoms with Crippen molar-refractivity contribution in [3.63, 3.8) is 0 Å². The molecule has 0 saturated carbocycles. The zero-order valence-electron chi connectivity index (χ0n) is 17.4. The molecule has 5 rings (SSSR count). The van der Waals surface area contributed by atoms with Crippen molar-refractivity contribution < 1.29 is 45.7 Å². The largest absolute Gasteiger partial charge is 0.512 e. The van der Waals surface area contributed by atoms with Gasteiger partial charge in [0.15, 0.2) is 11.5 Å². The highest BCUT2D eigenvalue weighted by molar-refractivity contribution is 7.93. The number of fused-ring (bicyclic) bond motifs is 2. The van der Waals surface area contributed by atoms with E-state index in [4.69, 9.17) is 14.2 Å². The number of para-hydroxylation sites is 1. The molecule has 0 amide bonds. The van der Waals surface area contributed by atoms with Crippen LogP contribution in [0.1, 0.15) is 16.7 Å². The van der Waals surface area contributed by atoms with Gasteiger partial charge in [0.25, 0.3) is 10.0 Å². The summed E-state index contributed by atoms with van der Waals surface area (Å²) in [6.45, 7) is -0.0631. The van der Waals surface area contributed by atoms with Gasteiger partial charge >= 0.3 is 12.3 Å². The molecule has 12 heteroatoms. The third kappa shape index (κ3) is 3.71. The van der Waals surface area contributed by atoms with Gasteiger partial charge in [-0.2, -0.15) is 13.2 Å². The molecule has 2 heterocycles. The normalized spacial score (nSPS) is 16.1. The second kappa shape index (κ2) is 7.94. The van der Waals surface area contributed by atoms with Crippen LogP contribution in [0.25, 0.3) is 5.57 Å². The van der Waals surface area contributed by atoms with Gasteiger partial charge in [-0.3, -0.25) is 0 Å². The predicted octanol–water partition coefficient (Wildman–Crippen LogP) is 5.05. The van der Waals surface area contributed by atoms with Crippen LogP contribution in [-0.2, 0) is 20.9 Å². The zero-order valence-corrected chi connectivity index (χ0v) is 18.3. The maximum Gasteiger partial charge on any atom is 0.512 e. The molecule has 180 valence electrons. The fraction of sp³-hybridized carbons (Fsp3) is 0.0870. The smallest absolute Gasteiger partial charge is 0.454 e. The number of anilines is 1. The van der Waals surface area contributed by atoms with E-state index in [0.717, 1.165) is 12.1 Å². The van der Waals surface area contributed by atoms with E-state index < -0.39 is 39.5 Å². The number of sulfonamides is 1. The summed E-state index contributed by atoms with van der Waals surface area (Å²) >= 11 is 0. The Kier molecular flexibility index (Phi) is 5.13. The van der Waals surface area contributed by atoms with Crippen molar-refractivity contribution in [1.29, 1.82) is 0 Å². The summed E-state index contributed by atoms with van der Waals surface area (Å²) in [4.78, 5) is 11.3. The number of carbonyl (C=O) groups is 1. The number of ether oxygens (including phenoxy) is 3. The standard InChI is InChI=1S/C23H14F3NO7S/c24-23(25,26)15-6-2-3-7-16(15)27-21(34-22(28)29)20(13-9-10-17-18(11-13)33-12-32-17)14-5-1-4-8-19(14)35(27,30)31/h1-11H,12H2,(H,28,29). The first kappa shape index (κ1) is 22.6. The minimum Gasteiger partial charge on any atom is -0.454 e. The van der Waals surface area contributed by atoms with Crippen LogP contribution in [0.2, 0.25) is 0 Å². The van der Waals surface area contributed by atoms with Crippen molar-refractivity contribution in [3.05, 3.63) is 89.3 Å². The highest BCUT2D eigenvalue weighted by Crippen LogP contribution is 2.47. The molecule has 8 nitrogen and oxygen atoms in total. The maximum atomic E-state index is 13.9. The molecule has 0 unspecified atom stereocenters. The number of nitrogens with zero attached hydrogens (tertiary/aromatic N) is 1. The van der Waals surface area contributed by atoms with E-state index in [1.165, 1.54) is 48.5 Å². The first-order valence-electron chi connectivity index (χ1n) is 9.95. The third-order valence-electron chi connectivity index (χ3n) is 5.35. The fourth-order valence-corrected chi connectivity index (χ4v) is 5.62. The fourth-order valence-electron chi connectivity index (χ4n) is 3.96. The van der Waals surface area contributed by atoms with E-state index in [1.54, 1.807) is 0 Å². The van der Waals surface area contributed by atoms with Gasteiger partial charge < -0.3 is 19.3 Å². The lowest BCUT2D eigenvalue weighted by Crippen LogP contribution is -2.38. The molecule has 3 aromatic rings. The van der Waals surface area contributed by atoms with Crippen LogP contribution in [0.3, 0.4) is 0 Å². The molecule has 0 radical (unpaired) electrons. The van der Waals surface area contributed by atoms with Gasteiger partial charge in [0.05, 0.1) is 21.7 Å². The van der Waals surface area contributed by atoms with E-state index in [9.17, 15) is 31.5 Å². The Bertz CT molecular complexity index is 1500.